The Balaban J connectivity index is 1.86. The van der Waals surface area contributed by atoms with Gasteiger partial charge in [0.05, 0.1) is 17.3 Å². The molecule has 20 heavy (non-hydrogen) atoms. The number of anilines is 1. The molecular weight excluding hydrogens is 270 g/mol. The number of ether oxygens (including phenoxy) is 1. The fourth-order valence-corrected chi connectivity index (χ4v) is 2.14. The fourth-order valence-electron chi connectivity index (χ4n) is 1.94. The second kappa shape index (κ2) is 7.20. The van der Waals surface area contributed by atoms with Gasteiger partial charge in [0.2, 0.25) is 0 Å². The summed E-state index contributed by atoms with van der Waals surface area (Å²) in [7, 11) is 0. The zero-order chi connectivity index (χ0) is 14.4. The van der Waals surface area contributed by atoms with Crippen molar-refractivity contribution < 1.29 is 4.74 Å². The molecule has 0 amide bonds. The molecule has 0 aliphatic rings. The molecule has 0 saturated heterocycles. The second-order valence-electron chi connectivity index (χ2n) is 4.79. The van der Waals surface area contributed by atoms with E-state index in [2.05, 4.69) is 24.4 Å². The summed E-state index contributed by atoms with van der Waals surface area (Å²) in [5.41, 5.74) is 2.25. The van der Waals surface area contributed by atoms with Crippen molar-refractivity contribution in [3.63, 3.8) is 0 Å². The van der Waals surface area contributed by atoms with Crippen LogP contribution in [0.15, 0.2) is 48.5 Å². The van der Waals surface area contributed by atoms with E-state index in [-0.39, 0.29) is 6.10 Å². The van der Waals surface area contributed by atoms with E-state index in [0.717, 1.165) is 22.9 Å². The summed E-state index contributed by atoms with van der Waals surface area (Å²) in [4.78, 5) is 0. The van der Waals surface area contributed by atoms with Crippen LogP contribution in [0.5, 0.6) is 5.75 Å². The molecule has 0 saturated carbocycles. The van der Waals surface area contributed by atoms with Crippen LogP contribution in [0.25, 0.3) is 0 Å². The zero-order valence-corrected chi connectivity index (χ0v) is 12.7. The molecule has 1 unspecified atom stereocenters. The van der Waals surface area contributed by atoms with E-state index in [1.807, 2.05) is 43.3 Å². The number of halogens is 1. The third kappa shape index (κ3) is 4.17. The van der Waals surface area contributed by atoms with Gasteiger partial charge < -0.3 is 10.1 Å². The molecule has 2 rings (SSSR count). The molecule has 0 aliphatic carbocycles. The Morgan fingerprint density at radius 3 is 2.45 bits per heavy atom. The number of benzene rings is 2. The summed E-state index contributed by atoms with van der Waals surface area (Å²) in [6, 6.07) is 16.0. The normalized spacial score (nSPS) is 11.9. The Labute approximate surface area is 125 Å². The van der Waals surface area contributed by atoms with Crippen molar-refractivity contribution >= 4 is 17.3 Å². The van der Waals surface area contributed by atoms with Crippen LogP contribution in [-0.2, 0) is 6.42 Å². The van der Waals surface area contributed by atoms with Crippen molar-refractivity contribution in [1.82, 2.24) is 0 Å². The van der Waals surface area contributed by atoms with E-state index in [0.29, 0.717) is 6.54 Å². The summed E-state index contributed by atoms with van der Waals surface area (Å²) >= 11 is 6.10. The van der Waals surface area contributed by atoms with Gasteiger partial charge in [-0.05, 0) is 43.2 Å². The molecule has 1 N–H and O–H groups in total. The van der Waals surface area contributed by atoms with E-state index < -0.39 is 0 Å². The molecule has 0 fully saturated rings. The number of aryl methyl sites for hydroxylation is 1. The quantitative estimate of drug-likeness (QED) is 0.826. The highest BCUT2D eigenvalue weighted by atomic mass is 35.5. The maximum atomic E-state index is 6.10. The van der Waals surface area contributed by atoms with Crippen LogP contribution in [0.1, 0.15) is 19.4 Å². The Bertz CT molecular complexity index is 539. The first-order valence-electron chi connectivity index (χ1n) is 6.93. The van der Waals surface area contributed by atoms with Crippen molar-refractivity contribution in [2.24, 2.45) is 0 Å². The van der Waals surface area contributed by atoms with Crippen LogP contribution in [0.3, 0.4) is 0 Å². The molecule has 2 aromatic rings. The van der Waals surface area contributed by atoms with Gasteiger partial charge in [0.15, 0.2) is 0 Å². The van der Waals surface area contributed by atoms with E-state index in [4.69, 9.17) is 16.3 Å². The minimum absolute atomic E-state index is 0.0683. The van der Waals surface area contributed by atoms with Gasteiger partial charge in [-0.3, -0.25) is 0 Å². The van der Waals surface area contributed by atoms with Gasteiger partial charge in [-0.2, -0.15) is 0 Å². The Hall–Kier alpha value is -1.67. The van der Waals surface area contributed by atoms with Crippen molar-refractivity contribution in [2.45, 2.75) is 26.4 Å². The SMILES string of the molecule is CCc1ccc(OC(C)CNc2ccccc2Cl)cc1. The maximum Gasteiger partial charge on any atom is 0.119 e. The lowest BCUT2D eigenvalue weighted by Gasteiger charge is -2.17. The van der Waals surface area contributed by atoms with E-state index >= 15 is 0 Å². The maximum absolute atomic E-state index is 6.10. The van der Waals surface area contributed by atoms with Crippen LogP contribution >= 0.6 is 11.6 Å². The lowest BCUT2D eigenvalue weighted by Crippen LogP contribution is -2.22. The molecule has 0 aliphatic heterocycles. The molecule has 2 aromatic carbocycles. The number of para-hydroxylation sites is 1. The highest BCUT2D eigenvalue weighted by molar-refractivity contribution is 6.33. The molecule has 106 valence electrons. The smallest absolute Gasteiger partial charge is 0.119 e. The summed E-state index contributed by atoms with van der Waals surface area (Å²) in [5.74, 6) is 0.899. The highest BCUT2D eigenvalue weighted by Crippen LogP contribution is 2.20. The van der Waals surface area contributed by atoms with Crippen LogP contribution in [0, 0.1) is 0 Å². The molecule has 0 spiro atoms. The van der Waals surface area contributed by atoms with Gasteiger partial charge in [-0.25, -0.2) is 0 Å². The number of nitrogens with one attached hydrogen (secondary N) is 1. The van der Waals surface area contributed by atoms with Gasteiger partial charge in [0.25, 0.3) is 0 Å². The topological polar surface area (TPSA) is 21.3 Å². The minimum atomic E-state index is 0.0683. The first-order chi connectivity index (χ1) is 9.69. The van der Waals surface area contributed by atoms with Gasteiger partial charge in [-0.15, -0.1) is 0 Å². The summed E-state index contributed by atoms with van der Waals surface area (Å²) < 4.78 is 5.87. The van der Waals surface area contributed by atoms with Crippen molar-refractivity contribution in [1.29, 1.82) is 0 Å². The Kier molecular flexibility index (Phi) is 5.31. The zero-order valence-electron chi connectivity index (χ0n) is 11.9. The summed E-state index contributed by atoms with van der Waals surface area (Å²) in [6.07, 6.45) is 1.11. The second-order valence-corrected chi connectivity index (χ2v) is 5.19. The predicted molar refractivity (Wildman–Crippen MR) is 85.9 cm³/mol. The molecule has 3 heteroatoms. The predicted octanol–water partition coefficient (Wildman–Crippen LogP) is 4.78. The minimum Gasteiger partial charge on any atom is -0.489 e. The summed E-state index contributed by atoms with van der Waals surface area (Å²) in [6.45, 7) is 4.89. The van der Waals surface area contributed by atoms with Gasteiger partial charge >= 0.3 is 0 Å². The number of rotatable bonds is 6. The monoisotopic (exact) mass is 289 g/mol. The van der Waals surface area contributed by atoms with Gasteiger partial charge in [-0.1, -0.05) is 42.8 Å². The fraction of sp³-hybridized carbons (Fsp3) is 0.294. The summed E-state index contributed by atoms with van der Waals surface area (Å²) in [5, 5.41) is 4.03. The van der Waals surface area contributed by atoms with E-state index in [1.54, 1.807) is 0 Å². The molecule has 1 atom stereocenters. The largest absolute Gasteiger partial charge is 0.489 e. The number of hydrogen-bond donors (Lipinski definition) is 1. The first-order valence-corrected chi connectivity index (χ1v) is 7.31. The Morgan fingerprint density at radius 2 is 1.80 bits per heavy atom. The first kappa shape index (κ1) is 14.7. The standard InChI is InChI=1S/C17H20ClNO/c1-3-14-8-10-15(11-9-14)20-13(2)12-19-17-7-5-4-6-16(17)18/h4-11,13,19H,3,12H2,1-2H3. The van der Waals surface area contributed by atoms with Crippen LogP contribution in [-0.4, -0.2) is 12.6 Å². The van der Waals surface area contributed by atoms with Crippen molar-refractivity contribution in [3.05, 3.63) is 59.1 Å². The lowest BCUT2D eigenvalue weighted by atomic mass is 10.2. The highest BCUT2D eigenvalue weighted by Gasteiger charge is 2.05. The third-order valence-corrected chi connectivity index (χ3v) is 3.45. The van der Waals surface area contributed by atoms with Gasteiger partial charge in [0.1, 0.15) is 11.9 Å². The van der Waals surface area contributed by atoms with E-state index in [9.17, 15) is 0 Å². The van der Waals surface area contributed by atoms with Crippen molar-refractivity contribution in [3.8, 4) is 5.75 Å². The van der Waals surface area contributed by atoms with Crippen LogP contribution in [0.4, 0.5) is 5.69 Å². The molecular formula is C17H20ClNO. The van der Waals surface area contributed by atoms with Gasteiger partial charge in [0, 0.05) is 0 Å². The average Bonchev–Trinajstić information content (AvgIpc) is 2.47. The molecule has 0 heterocycles. The Morgan fingerprint density at radius 1 is 1.10 bits per heavy atom. The molecule has 0 radical (unpaired) electrons. The van der Waals surface area contributed by atoms with E-state index in [1.165, 1.54) is 5.56 Å². The molecule has 0 bridgehead atoms. The van der Waals surface area contributed by atoms with Crippen LogP contribution in [0.2, 0.25) is 5.02 Å². The average molecular weight is 290 g/mol. The molecule has 2 nitrogen and oxygen atoms in total. The number of hydrogen-bond acceptors (Lipinski definition) is 2. The van der Waals surface area contributed by atoms with Crippen molar-refractivity contribution in [2.75, 3.05) is 11.9 Å². The van der Waals surface area contributed by atoms with Crippen LogP contribution < -0.4 is 10.1 Å². The lowest BCUT2D eigenvalue weighted by molar-refractivity contribution is 0.234. The third-order valence-electron chi connectivity index (χ3n) is 3.12. The molecule has 0 aromatic heterocycles.